The van der Waals surface area contributed by atoms with E-state index in [1.165, 1.54) is 51.4 Å². The first-order chi connectivity index (χ1) is 13.8. The molecule has 0 bridgehead atoms. The monoisotopic (exact) mass is 383 g/mol. The van der Waals surface area contributed by atoms with Gasteiger partial charge >= 0.3 is 0 Å². The fourth-order valence-electron chi connectivity index (χ4n) is 3.31. The van der Waals surface area contributed by atoms with Crippen LogP contribution >= 0.6 is 0 Å². The molecule has 28 heavy (non-hydrogen) atoms. The van der Waals surface area contributed by atoms with Gasteiger partial charge in [-0.05, 0) is 37.8 Å². The molecule has 3 nitrogen and oxygen atoms in total. The second kappa shape index (κ2) is 14.2. The lowest BCUT2D eigenvalue weighted by Gasteiger charge is -2.08. The molecule has 1 aliphatic rings. The minimum Gasteiger partial charge on any atom is -0.475 e. The zero-order valence-corrected chi connectivity index (χ0v) is 17.4. The Morgan fingerprint density at radius 3 is 2.43 bits per heavy atom. The highest BCUT2D eigenvalue weighted by Gasteiger charge is 2.24. The summed E-state index contributed by atoms with van der Waals surface area (Å²) < 4.78 is 5.64. The molecule has 0 radical (unpaired) electrons. The lowest BCUT2D eigenvalue weighted by Crippen LogP contribution is -2.23. The molecule has 0 saturated heterocycles. The van der Waals surface area contributed by atoms with Crippen LogP contribution < -0.4 is 0 Å². The first kappa shape index (κ1) is 22.4. The number of allylic oxidation sites excluding steroid dienone is 3. The van der Waals surface area contributed by atoms with E-state index in [4.69, 9.17) is 4.74 Å². The van der Waals surface area contributed by atoms with E-state index in [1.54, 1.807) is 0 Å². The van der Waals surface area contributed by atoms with Crippen LogP contribution in [0.5, 0.6) is 0 Å². The molecule has 0 unspecified atom stereocenters. The predicted molar refractivity (Wildman–Crippen MR) is 119 cm³/mol. The van der Waals surface area contributed by atoms with Crippen molar-refractivity contribution in [1.29, 1.82) is 0 Å². The van der Waals surface area contributed by atoms with Gasteiger partial charge in [0.05, 0.1) is 6.10 Å². The van der Waals surface area contributed by atoms with Crippen LogP contribution in [-0.2, 0) is 4.74 Å². The maximum Gasteiger partial charge on any atom is 0.216 e. The third kappa shape index (κ3) is 8.88. The summed E-state index contributed by atoms with van der Waals surface area (Å²) in [6.07, 6.45) is 20.6. The SMILES string of the molecule is CCCCCCCCC/C=C/CC/C=C/[C@@H](O)[C@@H]1COC(c2ccccc2)=N1. The van der Waals surface area contributed by atoms with Crippen molar-refractivity contribution >= 4 is 5.90 Å². The Balaban J connectivity index is 1.54. The average Bonchev–Trinajstić information content (AvgIpc) is 3.22. The average molecular weight is 384 g/mol. The second-order valence-corrected chi connectivity index (χ2v) is 7.56. The summed E-state index contributed by atoms with van der Waals surface area (Å²) in [5.74, 6) is 0.631. The van der Waals surface area contributed by atoms with E-state index in [2.05, 4.69) is 30.1 Å². The number of ether oxygens (including phenoxy) is 1. The van der Waals surface area contributed by atoms with Crippen LogP contribution in [0, 0.1) is 0 Å². The largest absolute Gasteiger partial charge is 0.475 e. The molecule has 0 spiro atoms. The Morgan fingerprint density at radius 1 is 0.964 bits per heavy atom. The van der Waals surface area contributed by atoms with Gasteiger partial charge < -0.3 is 9.84 Å². The molecule has 154 valence electrons. The van der Waals surface area contributed by atoms with Crippen molar-refractivity contribution in [1.82, 2.24) is 0 Å². The molecule has 0 amide bonds. The normalized spacial score (nSPS) is 17.9. The van der Waals surface area contributed by atoms with E-state index in [0.29, 0.717) is 12.5 Å². The number of rotatable bonds is 14. The Labute approximate surface area is 171 Å². The minimum atomic E-state index is -0.585. The molecule has 1 aromatic carbocycles. The number of aliphatic hydroxyl groups excluding tert-OH is 1. The molecular formula is C25H37NO2. The van der Waals surface area contributed by atoms with Crippen molar-refractivity contribution in [3.05, 3.63) is 60.2 Å². The number of hydrogen-bond acceptors (Lipinski definition) is 3. The summed E-state index contributed by atoms with van der Waals surface area (Å²) in [6, 6.07) is 9.64. The zero-order valence-electron chi connectivity index (χ0n) is 17.4. The molecule has 1 aliphatic heterocycles. The Hall–Kier alpha value is -1.87. The van der Waals surface area contributed by atoms with Crippen molar-refractivity contribution in [2.45, 2.75) is 83.3 Å². The number of nitrogens with zero attached hydrogens (tertiary/aromatic N) is 1. The van der Waals surface area contributed by atoms with Crippen molar-refractivity contribution in [3.8, 4) is 0 Å². The van der Waals surface area contributed by atoms with Gasteiger partial charge in [0.1, 0.15) is 12.6 Å². The Kier molecular flexibility index (Phi) is 11.3. The topological polar surface area (TPSA) is 41.8 Å². The highest BCUT2D eigenvalue weighted by molar-refractivity contribution is 5.95. The maximum atomic E-state index is 10.3. The molecule has 0 fully saturated rings. The van der Waals surface area contributed by atoms with Crippen LogP contribution in [-0.4, -0.2) is 29.8 Å². The first-order valence-corrected chi connectivity index (χ1v) is 11.1. The van der Waals surface area contributed by atoms with E-state index < -0.39 is 6.10 Å². The lowest BCUT2D eigenvalue weighted by atomic mass is 10.1. The van der Waals surface area contributed by atoms with Crippen LogP contribution in [0.15, 0.2) is 59.6 Å². The van der Waals surface area contributed by atoms with E-state index in [1.807, 2.05) is 36.4 Å². The number of benzene rings is 1. The summed E-state index contributed by atoms with van der Waals surface area (Å²) in [4.78, 5) is 4.52. The standard InChI is InChI=1S/C25H37NO2/c1-2-3-4-5-6-7-8-9-10-11-12-13-17-20-24(27)23-21-28-25(26-23)22-18-15-14-16-19-22/h10-11,14-20,23-24,27H,2-9,12-13,21H2,1H3/b11-10+,20-17+/t23-,24+/m0/s1. The number of aliphatic hydroxyl groups is 1. The van der Waals surface area contributed by atoms with E-state index in [9.17, 15) is 5.11 Å². The molecule has 0 aromatic heterocycles. The van der Waals surface area contributed by atoms with Gasteiger partial charge in [-0.1, -0.05) is 88.0 Å². The maximum absolute atomic E-state index is 10.3. The van der Waals surface area contributed by atoms with Gasteiger partial charge in [0.25, 0.3) is 0 Å². The third-order valence-corrected chi connectivity index (χ3v) is 5.06. The van der Waals surface area contributed by atoms with Gasteiger partial charge in [-0.25, -0.2) is 4.99 Å². The summed E-state index contributed by atoms with van der Waals surface area (Å²) in [7, 11) is 0. The fraction of sp³-hybridized carbons (Fsp3) is 0.560. The highest BCUT2D eigenvalue weighted by atomic mass is 16.5. The van der Waals surface area contributed by atoms with Crippen molar-refractivity contribution in [2.24, 2.45) is 4.99 Å². The van der Waals surface area contributed by atoms with Crippen LogP contribution in [0.1, 0.15) is 76.7 Å². The molecule has 1 aromatic rings. The summed E-state index contributed by atoms with van der Waals surface area (Å²) in [5, 5.41) is 10.3. The predicted octanol–water partition coefficient (Wildman–Crippen LogP) is 6.23. The van der Waals surface area contributed by atoms with Gasteiger partial charge in [0, 0.05) is 5.56 Å². The van der Waals surface area contributed by atoms with Gasteiger partial charge in [-0.15, -0.1) is 0 Å². The summed E-state index contributed by atoms with van der Waals surface area (Å²) >= 11 is 0. The van der Waals surface area contributed by atoms with Gasteiger partial charge in [-0.3, -0.25) is 0 Å². The van der Waals surface area contributed by atoms with E-state index in [-0.39, 0.29) is 6.04 Å². The number of unbranched alkanes of at least 4 members (excludes halogenated alkanes) is 8. The Bertz CT molecular complexity index is 606. The van der Waals surface area contributed by atoms with Crippen LogP contribution in [0.3, 0.4) is 0 Å². The zero-order chi connectivity index (χ0) is 19.9. The summed E-state index contributed by atoms with van der Waals surface area (Å²) in [5.41, 5.74) is 0.965. The molecule has 1 N–H and O–H groups in total. The summed E-state index contributed by atoms with van der Waals surface area (Å²) in [6.45, 7) is 2.70. The quantitative estimate of drug-likeness (QED) is 0.306. The molecule has 2 rings (SSSR count). The van der Waals surface area contributed by atoms with Crippen LogP contribution in [0.25, 0.3) is 0 Å². The molecule has 0 saturated carbocycles. The molecule has 3 heteroatoms. The second-order valence-electron chi connectivity index (χ2n) is 7.56. The van der Waals surface area contributed by atoms with Crippen LogP contribution in [0.2, 0.25) is 0 Å². The Morgan fingerprint density at radius 2 is 1.64 bits per heavy atom. The molecule has 2 atom stereocenters. The van der Waals surface area contributed by atoms with Gasteiger partial charge in [0.15, 0.2) is 0 Å². The van der Waals surface area contributed by atoms with E-state index in [0.717, 1.165) is 18.4 Å². The van der Waals surface area contributed by atoms with Crippen LogP contribution in [0.4, 0.5) is 0 Å². The first-order valence-electron chi connectivity index (χ1n) is 11.1. The smallest absolute Gasteiger partial charge is 0.216 e. The molecule has 0 aliphatic carbocycles. The number of aliphatic imine (C=N–C) groups is 1. The molecule has 1 heterocycles. The minimum absolute atomic E-state index is 0.209. The van der Waals surface area contributed by atoms with Crippen molar-refractivity contribution in [3.63, 3.8) is 0 Å². The van der Waals surface area contributed by atoms with Gasteiger partial charge in [-0.2, -0.15) is 0 Å². The highest BCUT2D eigenvalue weighted by Crippen LogP contribution is 2.15. The molecular weight excluding hydrogens is 346 g/mol. The van der Waals surface area contributed by atoms with Gasteiger partial charge in [0.2, 0.25) is 5.90 Å². The van der Waals surface area contributed by atoms with Crippen molar-refractivity contribution in [2.75, 3.05) is 6.61 Å². The fourth-order valence-corrected chi connectivity index (χ4v) is 3.31. The number of hydrogen-bond donors (Lipinski definition) is 1. The van der Waals surface area contributed by atoms with E-state index >= 15 is 0 Å². The van der Waals surface area contributed by atoms with Crippen molar-refractivity contribution < 1.29 is 9.84 Å². The lowest BCUT2D eigenvalue weighted by molar-refractivity contribution is 0.168. The third-order valence-electron chi connectivity index (χ3n) is 5.06.